The molecule has 2 nitrogen and oxygen atoms in total. The number of unbranched alkanes of at least 4 members (excludes halogenated alkanes) is 2. The molecule has 0 spiro atoms. The van der Waals surface area contributed by atoms with E-state index in [-0.39, 0.29) is 0 Å². The quantitative estimate of drug-likeness (QED) is 0.781. The van der Waals surface area contributed by atoms with Gasteiger partial charge in [-0.1, -0.05) is 36.4 Å². The molecule has 0 heterocycles. The lowest BCUT2D eigenvalue weighted by molar-refractivity contribution is 0.785. The summed E-state index contributed by atoms with van der Waals surface area (Å²) in [7, 11) is 0. The van der Waals surface area contributed by atoms with E-state index in [0.717, 1.165) is 19.4 Å². The van der Waals surface area contributed by atoms with Crippen molar-refractivity contribution in [2.75, 3.05) is 11.9 Å². The fourth-order valence-corrected chi connectivity index (χ4v) is 1.93. The van der Waals surface area contributed by atoms with Crippen molar-refractivity contribution in [2.24, 2.45) is 0 Å². The van der Waals surface area contributed by atoms with Gasteiger partial charge in [-0.15, -0.1) is 0 Å². The van der Waals surface area contributed by atoms with Crippen LogP contribution in [0.2, 0.25) is 0 Å². The smallest absolute Gasteiger partial charge is 0.0621 e. The van der Waals surface area contributed by atoms with Gasteiger partial charge in [0.2, 0.25) is 0 Å². The van der Waals surface area contributed by atoms with Crippen LogP contribution in [0, 0.1) is 11.3 Å². The molecule has 2 aromatic carbocycles. The molecule has 0 aliphatic rings. The molecule has 0 radical (unpaired) electrons. The van der Waals surface area contributed by atoms with Gasteiger partial charge in [-0.3, -0.25) is 0 Å². The Balaban J connectivity index is 2.01. The normalized spacial score (nSPS) is 10.1. The molecule has 0 aliphatic carbocycles. The standard InChI is InChI=1S/C15H16N2/c16-11-4-1-5-12-17-15-10-6-8-13-7-2-3-9-14(13)15/h2-3,6-10,17H,1,4-5,12H2. The van der Waals surface area contributed by atoms with E-state index >= 15 is 0 Å². The Morgan fingerprint density at radius 2 is 1.82 bits per heavy atom. The lowest BCUT2D eigenvalue weighted by atomic mass is 10.1. The highest BCUT2D eigenvalue weighted by Crippen LogP contribution is 2.22. The Labute approximate surface area is 102 Å². The molecule has 0 saturated heterocycles. The number of anilines is 1. The molecule has 17 heavy (non-hydrogen) atoms. The maximum Gasteiger partial charge on any atom is 0.0621 e. The van der Waals surface area contributed by atoms with Crippen LogP contribution in [0.25, 0.3) is 10.8 Å². The van der Waals surface area contributed by atoms with Crippen molar-refractivity contribution < 1.29 is 0 Å². The topological polar surface area (TPSA) is 35.8 Å². The van der Waals surface area contributed by atoms with E-state index in [1.807, 2.05) is 0 Å². The summed E-state index contributed by atoms with van der Waals surface area (Å²) in [6, 6.07) is 16.8. The molecule has 0 saturated carbocycles. The molecule has 0 bridgehead atoms. The summed E-state index contributed by atoms with van der Waals surface area (Å²) >= 11 is 0. The molecule has 0 amide bonds. The highest BCUT2D eigenvalue weighted by atomic mass is 14.9. The Kier molecular flexibility index (Phi) is 3.99. The monoisotopic (exact) mass is 224 g/mol. The average molecular weight is 224 g/mol. The number of hydrogen-bond donors (Lipinski definition) is 1. The number of benzene rings is 2. The largest absolute Gasteiger partial charge is 0.385 e. The minimum Gasteiger partial charge on any atom is -0.385 e. The second-order valence-corrected chi connectivity index (χ2v) is 4.07. The van der Waals surface area contributed by atoms with Crippen LogP contribution < -0.4 is 5.32 Å². The number of rotatable bonds is 5. The van der Waals surface area contributed by atoms with Gasteiger partial charge in [0.15, 0.2) is 0 Å². The van der Waals surface area contributed by atoms with Crippen molar-refractivity contribution in [2.45, 2.75) is 19.3 Å². The molecule has 2 rings (SSSR count). The van der Waals surface area contributed by atoms with Crippen molar-refractivity contribution in [3.05, 3.63) is 42.5 Å². The lowest BCUT2D eigenvalue weighted by Crippen LogP contribution is -2.01. The van der Waals surface area contributed by atoms with Gasteiger partial charge >= 0.3 is 0 Å². The summed E-state index contributed by atoms with van der Waals surface area (Å²) in [6.45, 7) is 0.926. The number of nitrogens with one attached hydrogen (secondary N) is 1. The second-order valence-electron chi connectivity index (χ2n) is 4.07. The third kappa shape index (κ3) is 2.98. The van der Waals surface area contributed by atoms with Crippen LogP contribution in [0.15, 0.2) is 42.5 Å². The van der Waals surface area contributed by atoms with Gasteiger partial charge in [-0.2, -0.15) is 5.26 Å². The highest BCUT2D eigenvalue weighted by Gasteiger charge is 1.98. The Hall–Kier alpha value is -2.01. The fourth-order valence-electron chi connectivity index (χ4n) is 1.93. The van der Waals surface area contributed by atoms with E-state index < -0.39 is 0 Å². The van der Waals surface area contributed by atoms with E-state index in [2.05, 4.69) is 53.9 Å². The van der Waals surface area contributed by atoms with Crippen LogP contribution >= 0.6 is 0 Å². The van der Waals surface area contributed by atoms with Crippen molar-refractivity contribution in [1.29, 1.82) is 5.26 Å². The number of hydrogen-bond acceptors (Lipinski definition) is 2. The molecule has 0 fully saturated rings. The summed E-state index contributed by atoms with van der Waals surface area (Å²) in [6.07, 6.45) is 2.66. The molecule has 0 aromatic heterocycles. The first kappa shape index (κ1) is 11.5. The van der Waals surface area contributed by atoms with E-state index in [1.165, 1.54) is 16.5 Å². The SMILES string of the molecule is N#CCCCCNc1cccc2ccccc12. The van der Waals surface area contributed by atoms with Crippen LogP contribution in [0.1, 0.15) is 19.3 Å². The van der Waals surface area contributed by atoms with Gasteiger partial charge in [0.1, 0.15) is 0 Å². The van der Waals surface area contributed by atoms with E-state index in [9.17, 15) is 0 Å². The van der Waals surface area contributed by atoms with Gasteiger partial charge in [0.05, 0.1) is 6.07 Å². The average Bonchev–Trinajstić information content (AvgIpc) is 2.39. The molecule has 1 N–H and O–H groups in total. The van der Waals surface area contributed by atoms with Crippen molar-refractivity contribution >= 4 is 16.5 Å². The zero-order chi connectivity index (χ0) is 11.9. The molecule has 0 aliphatic heterocycles. The van der Waals surface area contributed by atoms with Gasteiger partial charge in [-0.05, 0) is 24.3 Å². The first-order valence-corrected chi connectivity index (χ1v) is 6.00. The van der Waals surface area contributed by atoms with Gasteiger partial charge in [0, 0.05) is 24.0 Å². The van der Waals surface area contributed by atoms with Crippen LogP contribution in [0.4, 0.5) is 5.69 Å². The van der Waals surface area contributed by atoms with Crippen LogP contribution in [-0.2, 0) is 0 Å². The number of nitriles is 1. The molecule has 2 aromatic rings. The summed E-state index contributed by atoms with van der Waals surface area (Å²) in [5.41, 5.74) is 1.18. The Morgan fingerprint density at radius 1 is 1.00 bits per heavy atom. The Morgan fingerprint density at radius 3 is 2.71 bits per heavy atom. The second kappa shape index (κ2) is 5.91. The summed E-state index contributed by atoms with van der Waals surface area (Å²) < 4.78 is 0. The Bertz CT molecular complexity index is 520. The van der Waals surface area contributed by atoms with Crippen LogP contribution in [0.3, 0.4) is 0 Å². The predicted octanol–water partition coefficient (Wildman–Crippen LogP) is 3.95. The lowest BCUT2D eigenvalue weighted by Gasteiger charge is -2.09. The van der Waals surface area contributed by atoms with Gasteiger partial charge < -0.3 is 5.32 Å². The molecule has 0 unspecified atom stereocenters. The van der Waals surface area contributed by atoms with Gasteiger partial charge in [-0.25, -0.2) is 0 Å². The first-order chi connectivity index (χ1) is 8.42. The van der Waals surface area contributed by atoms with Crippen LogP contribution in [0.5, 0.6) is 0 Å². The highest BCUT2D eigenvalue weighted by molar-refractivity contribution is 5.93. The molecular formula is C15H16N2. The summed E-state index contributed by atoms with van der Waals surface area (Å²) in [5, 5.41) is 14.4. The van der Waals surface area contributed by atoms with Gasteiger partial charge in [0.25, 0.3) is 0 Å². The van der Waals surface area contributed by atoms with E-state index in [1.54, 1.807) is 0 Å². The maximum absolute atomic E-state index is 8.45. The summed E-state index contributed by atoms with van der Waals surface area (Å²) in [4.78, 5) is 0. The number of fused-ring (bicyclic) bond motifs is 1. The molecule has 86 valence electrons. The van der Waals surface area contributed by atoms with Crippen molar-refractivity contribution in [3.8, 4) is 6.07 Å². The zero-order valence-electron chi connectivity index (χ0n) is 9.82. The molecule has 2 heteroatoms. The third-order valence-corrected chi connectivity index (χ3v) is 2.82. The molecular weight excluding hydrogens is 208 g/mol. The van der Waals surface area contributed by atoms with Crippen molar-refractivity contribution in [3.63, 3.8) is 0 Å². The van der Waals surface area contributed by atoms with Crippen molar-refractivity contribution in [1.82, 2.24) is 0 Å². The van der Waals surface area contributed by atoms with E-state index in [0.29, 0.717) is 6.42 Å². The predicted molar refractivity (Wildman–Crippen MR) is 71.9 cm³/mol. The minimum absolute atomic E-state index is 0.650. The number of nitrogens with zero attached hydrogens (tertiary/aromatic N) is 1. The molecule has 0 atom stereocenters. The maximum atomic E-state index is 8.45. The fraction of sp³-hybridized carbons (Fsp3) is 0.267. The van der Waals surface area contributed by atoms with Crippen LogP contribution in [-0.4, -0.2) is 6.54 Å². The summed E-state index contributed by atoms with van der Waals surface area (Å²) in [5.74, 6) is 0. The van der Waals surface area contributed by atoms with E-state index in [4.69, 9.17) is 5.26 Å². The third-order valence-electron chi connectivity index (χ3n) is 2.82. The first-order valence-electron chi connectivity index (χ1n) is 6.00. The minimum atomic E-state index is 0.650. The zero-order valence-corrected chi connectivity index (χ0v) is 9.82.